The number of esters is 1. The highest BCUT2D eigenvalue weighted by molar-refractivity contribution is 5.71. The zero-order chi connectivity index (χ0) is 10.8. The zero-order valence-corrected chi connectivity index (χ0v) is 8.82. The van der Waals surface area contributed by atoms with Gasteiger partial charge in [-0.05, 0) is 6.42 Å². The third-order valence-electron chi connectivity index (χ3n) is 1.69. The van der Waals surface area contributed by atoms with E-state index in [4.69, 9.17) is 4.74 Å². The zero-order valence-electron chi connectivity index (χ0n) is 8.82. The van der Waals surface area contributed by atoms with Crippen LogP contribution in [0.5, 0.6) is 0 Å². The van der Waals surface area contributed by atoms with E-state index in [0.717, 1.165) is 6.42 Å². The van der Waals surface area contributed by atoms with Gasteiger partial charge in [0, 0.05) is 0 Å². The average Bonchev–Trinajstić information content (AvgIpc) is 2.21. The molecule has 0 amide bonds. The van der Waals surface area contributed by atoms with Crippen LogP contribution in [-0.2, 0) is 19.3 Å². The predicted octanol–water partition coefficient (Wildman–Crippen LogP) is 1.71. The van der Waals surface area contributed by atoms with Crippen LogP contribution in [0.3, 0.4) is 0 Å². The molecule has 0 aromatic heterocycles. The van der Waals surface area contributed by atoms with Gasteiger partial charge >= 0.3 is 5.97 Å². The molecule has 0 aliphatic heterocycles. The van der Waals surface area contributed by atoms with Crippen molar-refractivity contribution in [2.45, 2.75) is 20.3 Å². The molecule has 4 heteroatoms. The summed E-state index contributed by atoms with van der Waals surface area (Å²) in [7, 11) is 0. The Labute approximate surface area is 84.8 Å². The summed E-state index contributed by atoms with van der Waals surface area (Å²) in [6.45, 7) is 8.02. The molecule has 0 saturated carbocycles. The van der Waals surface area contributed by atoms with Gasteiger partial charge in [-0.2, -0.15) is 0 Å². The molecule has 0 fully saturated rings. The molecular formula is C10H18O4. The van der Waals surface area contributed by atoms with E-state index < -0.39 is 0 Å². The summed E-state index contributed by atoms with van der Waals surface area (Å²) < 4.78 is 4.91. The Hall–Kier alpha value is -0.870. The summed E-state index contributed by atoms with van der Waals surface area (Å²) in [4.78, 5) is 20.5. The highest BCUT2D eigenvalue weighted by Gasteiger charge is 2.10. The van der Waals surface area contributed by atoms with Gasteiger partial charge in [0.2, 0.25) is 0 Å². The van der Waals surface area contributed by atoms with Gasteiger partial charge in [-0.3, -0.25) is 4.79 Å². The van der Waals surface area contributed by atoms with Crippen LogP contribution < -0.4 is 0 Å². The van der Waals surface area contributed by atoms with E-state index in [9.17, 15) is 4.79 Å². The fourth-order valence-electron chi connectivity index (χ4n) is 0.640. The topological polar surface area (TPSA) is 44.8 Å². The van der Waals surface area contributed by atoms with Crippen LogP contribution in [0.1, 0.15) is 20.3 Å². The Morgan fingerprint density at radius 2 is 2.14 bits per heavy atom. The second-order valence-electron chi connectivity index (χ2n) is 2.87. The Morgan fingerprint density at radius 3 is 2.71 bits per heavy atom. The van der Waals surface area contributed by atoms with Gasteiger partial charge in [-0.25, -0.2) is 9.78 Å². The number of carbonyl (C=O) groups excluding carboxylic acids is 1. The van der Waals surface area contributed by atoms with Gasteiger partial charge < -0.3 is 4.74 Å². The first-order chi connectivity index (χ1) is 6.72. The molecule has 1 unspecified atom stereocenters. The quantitative estimate of drug-likeness (QED) is 0.198. The van der Waals surface area contributed by atoms with Gasteiger partial charge in [-0.1, -0.05) is 19.9 Å². The van der Waals surface area contributed by atoms with Crippen LogP contribution >= 0.6 is 0 Å². The third-order valence-corrected chi connectivity index (χ3v) is 1.69. The van der Waals surface area contributed by atoms with E-state index in [-0.39, 0.29) is 25.1 Å². The van der Waals surface area contributed by atoms with Gasteiger partial charge in [0.05, 0.1) is 5.92 Å². The highest BCUT2D eigenvalue weighted by atomic mass is 17.2. The molecule has 0 aliphatic carbocycles. The normalized spacial score (nSPS) is 12.1. The molecule has 0 saturated heterocycles. The van der Waals surface area contributed by atoms with E-state index in [2.05, 4.69) is 16.4 Å². The molecule has 0 aromatic rings. The van der Waals surface area contributed by atoms with E-state index >= 15 is 0 Å². The molecular weight excluding hydrogens is 184 g/mol. The minimum absolute atomic E-state index is 0.0518. The summed E-state index contributed by atoms with van der Waals surface area (Å²) in [6.07, 6.45) is 2.36. The molecule has 0 heterocycles. The van der Waals surface area contributed by atoms with Crippen LogP contribution in [0.4, 0.5) is 0 Å². The van der Waals surface area contributed by atoms with Crippen molar-refractivity contribution in [3.05, 3.63) is 12.7 Å². The van der Waals surface area contributed by atoms with Gasteiger partial charge in [0.1, 0.15) is 19.8 Å². The third kappa shape index (κ3) is 6.62. The van der Waals surface area contributed by atoms with Crippen molar-refractivity contribution in [2.75, 3.05) is 19.8 Å². The largest absolute Gasteiger partial charge is 0.463 e. The SMILES string of the molecule is C=CCOOCCOC(=O)C(C)CC. The molecule has 0 rings (SSSR count). The number of hydrogen-bond acceptors (Lipinski definition) is 4. The Balaban J connectivity index is 3.27. The number of rotatable bonds is 8. The summed E-state index contributed by atoms with van der Waals surface area (Å²) >= 11 is 0. The molecule has 0 aliphatic rings. The maximum absolute atomic E-state index is 11.1. The number of carbonyl (C=O) groups is 1. The van der Waals surface area contributed by atoms with Crippen molar-refractivity contribution in [3.8, 4) is 0 Å². The lowest BCUT2D eigenvalue weighted by atomic mass is 10.1. The Bertz CT molecular complexity index is 168. The minimum Gasteiger partial charge on any atom is -0.463 e. The first kappa shape index (κ1) is 13.1. The van der Waals surface area contributed by atoms with Crippen molar-refractivity contribution in [3.63, 3.8) is 0 Å². The Morgan fingerprint density at radius 1 is 1.43 bits per heavy atom. The van der Waals surface area contributed by atoms with Gasteiger partial charge in [-0.15, -0.1) is 6.58 Å². The van der Waals surface area contributed by atoms with Crippen LogP contribution in [0.25, 0.3) is 0 Å². The predicted molar refractivity (Wildman–Crippen MR) is 52.5 cm³/mol. The fourth-order valence-corrected chi connectivity index (χ4v) is 0.640. The lowest BCUT2D eigenvalue weighted by molar-refractivity contribution is -0.290. The maximum atomic E-state index is 11.1. The second-order valence-corrected chi connectivity index (χ2v) is 2.87. The lowest BCUT2D eigenvalue weighted by Crippen LogP contribution is -2.17. The molecule has 0 aromatic carbocycles. The molecule has 14 heavy (non-hydrogen) atoms. The first-order valence-corrected chi connectivity index (χ1v) is 4.74. The van der Waals surface area contributed by atoms with Crippen molar-refractivity contribution in [1.82, 2.24) is 0 Å². The van der Waals surface area contributed by atoms with Crippen LogP contribution in [0.2, 0.25) is 0 Å². The van der Waals surface area contributed by atoms with Gasteiger partial charge in [0.25, 0.3) is 0 Å². The smallest absolute Gasteiger partial charge is 0.308 e. The molecule has 1 atom stereocenters. The monoisotopic (exact) mass is 202 g/mol. The molecule has 0 N–H and O–H groups in total. The van der Waals surface area contributed by atoms with E-state index in [1.165, 1.54) is 0 Å². The van der Waals surface area contributed by atoms with E-state index in [1.54, 1.807) is 6.08 Å². The number of ether oxygens (including phenoxy) is 1. The highest BCUT2D eigenvalue weighted by Crippen LogP contribution is 2.02. The first-order valence-electron chi connectivity index (χ1n) is 4.74. The minimum atomic E-state index is -0.195. The van der Waals surface area contributed by atoms with E-state index in [1.807, 2.05) is 13.8 Å². The fraction of sp³-hybridized carbons (Fsp3) is 0.700. The van der Waals surface area contributed by atoms with Gasteiger partial charge in [0.15, 0.2) is 0 Å². The van der Waals surface area contributed by atoms with Crippen molar-refractivity contribution < 1.29 is 19.3 Å². The molecule has 0 radical (unpaired) electrons. The Kier molecular flexibility index (Phi) is 8.17. The van der Waals surface area contributed by atoms with Crippen molar-refractivity contribution >= 4 is 5.97 Å². The summed E-state index contributed by atoms with van der Waals surface area (Å²) in [5.41, 5.74) is 0. The summed E-state index contributed by atoms with van der Waals surface area (Å²) in [6, 6.07) is 0. The lowest BCUT2D eigenvalue weighted by Gasteiger charge is -2.08. The molecule has 82 valence electrons. The molecule has 0 bridgehead atoms. The second kappa shape index (κ2) is 8.72. The summed E-state index contributed by atoms with van der Waals surface area (Å²) in [5.74, 6) is -0.246. The molecule has 4 nitrogen and oxygen atoms in total. The van der Waals surface area contributed by atoms with E-state index in [0.29, 0.717) is 6.61 Å². The van der Waals surface area contributed by atoms with Crippen LogP contribution in [0, 0.1) is 5.92 Å². The van der Waals surface area contributed by atoms with Crippen LogP contribution in [0.15, 0.2) is 12.7 Å². The average molecular weight is 202 g/mol. The molecule has 0 spiro atoms. The standard InChI is InChI=1S/C10H18O4/c1-4-6-13-14-8-7-12-10(11)9(3)5-2/h4,9H,1,5-8H2,2-3H3. The van der Waals surface area contributed by atoms with Crippen molar-refractivity contribution in [2.24, 2.45) is 5.92 Å². The maximum Gasteiger partial charge on any atom is 0.308 e. The summed E-state index contributed by atoms with van der Waals surface area (Å²) in [5, 5.41) is 0. The van der Waals surface area contributed by atoms with Crippen LogP contribution in [-0.4, -0.2) is 25.8 Å². The van der Waals surface area contributed by atoms with Crippen molar-refractivity contribution in [1.29, 1.82) is 0 Å². The number of hydrogen-bond donors (Lipinski definition) is 0.